The predicted molar refractivity (Wildman–Crippen MR) is 46.4 cm³/mol. The maximum absolute atomic E-state index is 11.5. The predicted octanol–water partition coefficient (Wildman–Crippen LogP) is 0.00360. The number of carbonyl (C=O) groups excluding carboxylic acids is 2. The van der Waals surface area contributed by atoms with Gasteiger partial charge in [0.25, 0.3) is 0 Å². The van der Waals surface area contributed by atoms with E-state index in [9.17, 15) is 9.59 Å². The first kappa shape index (κ1) is 9.06. The second-order valence-electron chi connectivity index (χ2n) is 4.24. The van der Waals surface area contributed by atoms with E-state index in [0.717, 1.165) is 0 Å². The van der Waals surface area contributed by atoms with Crippen molar-refractivity contribution in [2.24, 2.45) is 11.8 Å². The number of rotatable bonds is 1. The largest absolute Gasteiger partial charge is 0.392 e. The van der Waals surface area contributed by atoms with Crippen LogP contribution in [0, 0.1) is 11.8 Å². The molecule has 4 unspecified atom stereocenters. The first-order valence-electron chi connectivity index (χ1n) is 4.74. The summed E-state index contributed by atoms with van der Waals surface area (Å²) in [5, 5.41) is 0. The summed E-state index contributed by atoms with van der Waals surface area (Å²) in [4.78, 5) is 23.0. The van der Waals surface area contributed by atoms with E-state index < -0.39 is 35.2 Å². The minimum absolute atomic E-state index is 0.518. The Kier molecular flexibility index (Phi) is 1.39. The van der Waals surface area contributed by atoms with E-state index in [1.165, 1.54) is 7.11 Å². The molecule has 0 N–H and O–H groups in total. The average molecular weight is 210 g/mol. The van der Waals surface area contributed by atoms with E-state index in [2.05, 4.69) is 4.74 Å². The number of hydrogen-bond acceptors (Lipinski definition) is 5. The number of hydrogen-bond donors (Lipinski definition) is 0. The van der Waals surface area contributed by atoms with E-state index in [4.69, 9.17) is 9.47 Å². The van der Waals surface area contributed by atoms with Crippen molar-refractivity contribution >= 4 is 11.9 Å². The van der Waals surface area contributed by atoms with Gasteiger partial charge in [-0.05, 0) is 13.0 Å². The van der Waals surface area contributed by atoms with Crippen molar-refractivity contribution in [2.45, 2.75) is 18.3 Å². The molecule has 15 heavy (non-hydrogen) atoms. The summed E-state index contributed by atoms with van der Waals surface area (Å²) in [6.45, 7) is 1.76. The van der Waals surface area contributed by atoms with Crippen LogP contribution >= 0.6 is 0 Å². The Labute approximate surface area is 86.0 Å². The SMILES string of the molecule is COC12C=CC(C)(O1)C1C(=O)OC(=O)C12. The molecule has 0 aliphatic carbocycles. The van der Waals surface area contributed by atoms with Gasteiger partial charge in [0.1, 0.15) is 17.4 Å². The Morgan fingerprint density at radius 2 is 1.93 bits per heavy atom. The van der Waals surface area contributed by atoms with Crippen molar-refractivity contribution in [1.82, 2.24) is 0 Å². The zero-order valence-electron chi connectivity index (χ0n) is 8.35. The van der Waals surface area contributed by atoms with Crippen molar-refractivity contribution in [3.05, 3.63) is 12.2 Å². The lowest BCUT2D eigenvalue weighted by Gasteiger charge is -2.24. The zero-order chi connectivity index (χ0) is 10.8. The van der Waals surface area contributed by atoms with E-state index in [1.54, 1.807) is 19.1 Å². The quantitative estimate of drug-likeness (QED) is 0.346. The molecule has 0 amide bonds. The van der Waals surface area contributed by atoms with Crippen molar-refractivity contribution < 1.29 is 23.8 Å². The third-order valence-corrected chi connectivity index (χ3v) is 3.44. The number of esters is 2. The van der Waals surface area contributed by atoms with Gasteiger partial charge in [0, 0.05) is 7.11 Å². The molecule has 80 valence electrons. The van der Waals surface area contributed by atoms with Crippen LogP contribution in [0.3, 0.4) is 0 Å². The Balaban J connectivity index is 2.16. The monoisotopic (exact) mass is 210 g/mol. The summed E-state index contributed by atoms with van der Waals surface area (Å²) in [7, 11) is 1.45. The Morgan fingerprint density at radius 3 is 2.60 bits per heavy atom. The van der Waals surface area contributed by atoms with Gasteiger partial charge in [-0.25, -0.2) is 0 Å². The molecule has 3 heterocycles. The Hall–Kier alpha value is -1.20. The molecule has 0 spiro atoms. The third-order valence-electron chi connectivity index (χ3n) is 3.44. The van der Waals surface area contributed by atoms with Gasteiger partial charge in [-0.1, -0.05) is 6.08 Å². The van der Waals surface area contributed by atoms with Gasteiger partial charge in [-0.3, -0.25) is 9.59 Å². The van der Waals surface area contributed by atoms with Crippen LogP contribution in [0.25, 0.3) is 0 Å². The molecule has 5 heteroatoms. The molecule has 0 aromatic carbocycles. The topological polar surface area (TPSA) is 61.8 Å². The molecule has 3 rings (SSSR count). The number of methoxy groups -OCH3 is 1. The van der Waals surface area contributed by atoms with Crippen LogP contribution < -0.4 is 0 Å². The average Bonchev–Trinajstić information content (AvgIpc) is 2.75. The van der Waals surface area contributed by atoms with Crippen LogP contribution in [-0.4, -0.2) is 30.4 Å². The van der Waals surface area contributed by atoms with Gasteiger partial charge >= 0.3 is 11.9 Å². The highest BCUT2D eigenvalue weighted by molar-refractivity contribution is 5.99. The fraction of sp³-hybridized carbons (Fsp3) is 0.600. The van der Waals surface area contributed by atoms with Crippen molar-refractivity contribution in [3.8, 4) is 0 Å². The smallest absolute Gasteiger partial charge is 0.323 e. The summed E-state index contributed by atoms with van der Waals surface area (Å²) in [6, 6.07) is 0. The molecule has 0 aromatic heterocycles. The molecule has 2 saturated heterocycles. The molecule has 0 radical (unpaired) electrons. The number of fused-ring (bicyclic) bond motifs is 5. The molecule has 5 nitrogen and oxygen atoms in total. The van der Waals surface area contributed by atoms with Gasteiger partial charge in [-0.15, -0.1) is 0 Å². The van der Waals surface area contributed by atoms with Gasteiger partial charge in [-0.2, -0.15) is 0 Å². The molecular weight excluding hydrogens is 200 g/mol. The van der Waals surface area contributed by atoms with E-state index in [0.29, 0.717) is 0 Å². The molecule has 3 aliphatic rings. The molecule has 0 aromatic rings. The van der Waals surface area contributed by atoms with E-state index in [-0.39, 0.29) is 0 Å². The number of cyclic esters (lactones) is 2. The van der Waals surface area contributed by atoms with Crippen LogP contribution in [0.5, 0.6) is 0 Å². The lowest BCUT2D eigenvalue weighted by atomic mass is 9.76. The van der Waals surface area contributed by atoms with Gasteiger partial charge in [0.05, 0.1) is 0 Å². The van der Waals surface area contributed by atoms with Crippen LogP contribution in [0.15, 0.2) is 12.2 Å². The van der Waals surface area contributed by atoms with Gasteiger partial charge < -0.3 is 14.2 Å². The fourth-order valence-corrected chi connectivity index (χ4v) is 2.72. The second-order valence-corrected chi connectivity index (χ2v) is 4.24. The van der Waals surface area contributed by atoms with Crippen molar-refractivity contribution in [1.29, 1.82) is 0 Å². The highest BCUT2D eigenvalue weighted by atomic mass is 16.7. The minimum Gasteiger partial charge on any atom is -0.392 e. The summed E-state index contributed by atoms with van der Waals surface area (Å²) in [5.74, 6) is -3.42. The molecule has 2 bridgehead atoms. The zero-order valence-corrected chi connectivity index (χ0v) is 8.35. The molecule has 0 saturated carbocycles. The molecular formula is C10H10O5. The highest BCUT2D eigenvalue weighted by Crippen LogP contribution is 2.56. The van der Waals surface area contributed by atoms with Crippen LogP contribution in [0.4, 0.5) is 0 Å². The van der Waals surface area contributed by atoms with E-state index >= 15 is 0 Å². The summed E-state index contributed by atoms with van der Waals surface area (Å²) < 4.78 is 15.5. The lowest BCUT2D eigenvalue weighted by molar-refractivity contribution is -0.205. The maximum atomic E-state index is 11.5. The van der Waals surface area contributed by atoms with Crippen molar-refractivity contribution in [3.63, 3.8) is 0 Å². The minimum atomic E-state index is -1.11. The lowest BCUT2D eigenvalue weighted by Crippen LogP contribution is -2.39. The first-order chi connectivity index (χ1) is 7.02. The maximum Gasteiger partial charge on any atom is 0.323 e. The summed E-state index contributed by atoms with van der Waals surface area (Å²) >= 11 is 0. The number of ether oxygens (including phenoxy) is 3. The van der Waals surface area contributed by atoms with Gasteiger partial charge in [0.15, 0.2) is 0 Å². The summed E-state index contributed by atoms with van der Waals surface area (Å²) in [6.07, 6.45) is 3.45. The molecule has 3 aliphatic heterocycles. The van der Waals surface area contributed by atoms with Crippen molar-refractivity contribution in [2.75, 3.05) is 7.11 Å². The standard InChI is InChI=1S/C10H10O5/c1-9-3-4-10(13-2,15-9)6-5(9)7(11)14-8(6)12/h3-6H,1-2H3. The highest BCUT2D eigenvalue weighted by Gasteiger charge is 2.72. The Morgan fingerprint density at radius 1 is 1.27 bits per heavy atom. The fourth-order valence-electron chi connectivity index (χ4n) is 2.72. The molecule has 2 fully saturated rings. The second kappa shape index (κ2) is 2.31. The van der Waals surface area contributed by atoms with Gasteiger partial charge in [0.2, 0.25) is 5.79 Å². The molecule has 4 atom stereocenters. The van der Waals surface area contributed by atoms with Crippen LogP contribution in [0.2, 0.25) is 0 Å². The third kappa shape index (κ3) is 0.815. The van der Waals surface area contributed by atoms with Crippen LogP contribution in [0.1, 0.15) is 6.92 Å². The number of carbonyl (C=O) groups is 2. The Bertz CT molecular complexity index is 401. The van der Waals surface area contributed by atoms with Crippen LogP contribution in [-0.2, 0) is 23.8 Å². The summed E-state index contributed by atoms with van der Waals surface area (Å²) in [5.41, 5.74) is -0.774. The first-order valence-corrected chi connectivity index (χ1v) is 4.74. The van der Waals surface area contributed by atoms with E-state index in [1.807, 2.05) is 0 Å². The normalized spacial score (nSPS) is 51.1.